The van der Waals surface area contributed by atoms with E-state index in [4.69, 9.17) is 0 Å². The fourth-order valence-corrected chi connectivity index (χ4v) is 3.58. The monoisotopic (exact) mass is 326 g/mol. The molecule has 3 rings (SSSR count). The summed E-state index contributed by atoms with van der Waals surface area (Å²) in [6.07, 6.45) is 4.42. The SMILES string of the molecule is CC1CCc2c(F)cccc2C1NC(=O)CC1CCCN1.Cl. The van der Waals surface area contributed by atoms with Crippen LogP contribution in [0.5, 0.6) is 0 Å². The molecule has 122 valence electrons. The molecular weight excluding hydrogens is 303 g/mol. The molecule has 0 saturated carbocycles. The molecule has 2 aliphatic rings. The molecule has 1 fully saturated rings. The molecule has 1 aromatic carbocycles. The van der Waals surface area contributed by atoms with Gasteiger partial charge in [-0.1, -0.05) is 19.1 Å². The summed E-state index contributed by atoms with van der Waals surface area (Å²) in [7, 11) is 0. The highest BCUT2D eigenvalue weighted by Crippen LogP contribution is 2.35. The third-order valence-electron chi connectivity index (χ3n) is 4.82. The van der Waals surface area contributed by atoms with Crippen LogP contribution in [0.2, 0.25) is 0 Å². The zero-order valence-corrected chi connectivity index (χ0v) is 13.7. The fourth-order valence-electron chi connectivity index (χ4n) is 3.58. The molecule has 3 unspecified atom stereocenters. The molecule has 1 saturated heterocycles. The minimum absolute atomic E-state index is 0. The highest BCUT2D eigenvalue weighted by atomic mass is 35.5. The van der Waals surface area contributed by atoms with Gasteiger partial charge in [0.25, 0.3) is 0 Å². The quantitative estimate of drug-likeness (QED) is 0.896. The van der Waals surface area contributed by atoms with Gasteiger partial charge < -0.3 is 10.6 Å². The molecular formula is C17H24ClFN2O. The number of hydrogen-bond donors (Lipinski definition) is 2. The maximum atomic E-state index is 13.9. The van der Waals surface area contributed by atoms with E-state index in [9.17, 15) is 9.18 Å². The Balaban J connectivity index is 0.00000176. The molecule has 0 spiro atoms. The molecule has 0 radical (unpaired) electrons. The number of rotatable bonds is 3. The van der Waals surface area contributed by atoms with Gasteiger partial charge in [0.15, 0.2) is 0 Å². The van der Waals surface area contributed by atoms with Crippen LogP contribution < -0.4 is 10.6 Å². The summed E-state index contributed by atoms with van der Waals surface area (Å²) in [5, 5.41) is 6.48. The lowest BCUT2D eigenvalue weighted by Gasteiger charge is -2.32. The Kier molecular flexibility index (Phi) is 5.81. The third kappa shape index (κ3) is 3.61. The topological polar surface area (TPSA) is 41.1 Å². The van der Waals surface area contributed by atoms with Gasteiger partial charge in [-0.15, -0.1) is 12.4 Å². The number of benzene rings is 1. The van der Waals surface area contributed by atoms with Crippen molar-refractivity contribution in [2.45, 2.75) is 51.1 Å². The molecule has 1 aliphatic carbocycles. The largest absolute Gasteiger partial charge is 0.349 e. The van der Waals surface area contributed by atoms with Crippen molar-refractivity contribution in [3.8, 4) is 0 Å². The van der Waals surface area contributed by atoms with Crippen molar-refractivity contribution in [3.05, 3.63) is 35.1 Å². The Morgan fingerprint density at radius 2 is 2.23 bits per heavy atom. The first-order valence-electron chi connectivity index (χ1n) is 7.95. The number of amides is 1. The van der Waals surface area contributed by atoms with Gasteiger partial charge in [0, 0.05) is 12.5 Å². The van der Waals surface area contributed by atoms with E-state index >= 15 is 0 Å². The maximum absolute atomic E-state index is 13.9. The van der Waals surface area contributed by atoms with Crippen LogP contribution in [0.3, 0.4) is 0 Å². The van der Waals surface area contributed by atoms with Gasteiger partial charge in [0.2, 0.25) is 5.91 Å². The van der Waals surface area contributed by atoms with E-state index in [2.05, 4.69) is 17.6 Å². The minimum atomic E-state index is -0.142. The van der Waals surface area contributed by atoms with E-state index in [0.29, 0.717) is 18.4 Å². The van der Waals surface area contributed by atoms with Gasteiger partial charge in [0.1, 0.15) is 5.82 Å². The first-order chi connectivity index (χ1) is 10.1. The van der Waals surface area contributed by atoms with Gasteiger partial charge in [-0.25, -0.2) is 4.39 Å². The molecule has 2 N–H and O–H groups in total. The second-order valence-corrected chi connectivity index (χ2v) is 6.37. The van der Waals surface area contributed by atoms with Crippen LogP contribution in [0, 0.1) is 11.7 Å². The normalized spacial score (nSPS) is 26.9. The molecule has 1 aromatic rings. The minimum Gasteiger partial charge on any atom is -0.349 e. The zero-order chi connectivity index (χ0) is 14.8. The third-order valence-corrected chi connectivity index (χ3v) is 4.82. The average Bonchev–Trinajstić information content (AvgIpc) is 2.95. The van der Waals surface area contributed by atoms with Crippen molar-refractivity contribution in [2.24, 2.45) is 5.92 Å². The summed E-state index contributed by atoms with van der Waals surface area (Å²) in [5.41, 5.74) is 1.74. The first-order valence-corrected chi connectivity index (χ1v) is 7.95. The van der Waals surface area contributed by atoms with E-state index in [1.54, 1.807) is 6.07 Å². The molecule has 3 atom stereocenters. The van der Waals surface area contributed by atoms with Crippen LogP contribution in [-0.4, -0.2) is 18.5 Å². The van der Waals surface area contributed by atoms with Gasteiger partial charge >= 0.3 is 0 Å². The lowest BCUT2D eigenvalue weighted by molar-refractivity contribution is -0.122. The fraction of sp³-hybridized carbons (Fsp3) is 0.588. The van der Waals surface area contributed by atoms with E-state index in [1.165, 1.54) is 6.07 Å². The average molecular weight is 327 g/mol. The Morgan fingerprint density at radius 1 is 1.41 bits per heavy atom. The number of nitrogens with one attached hydrogen (secondary N) is 2. The van der Waals surface area contributed by atoms with E-state index in [-0.39, 0.29) is 30.2 Å². The predicted octanol–water partition coefficient (Wildman–Crippen LogP) is 3.13. The predicted molar refractivity (Wildman–Crippen MR) is 87.7 cm³/mol. The van der Waals surface area contributed by atoms with Crippen molar-refractivity contribution < 1.29 is 9.18 Å². The summed E-state index contributed by atoms with van der Waals surface area (Å²) in [6, 6.07) is 5.45. The summed E-state index contributed by atoms with van der Waals surface area (Å²) in [4.78, 5) is 12.3. The van der Waals surface area contributed by atoms with Gasteiger partial charge in [0.05, 0.1) is 6.04 Å². The first kappa shape index (κ1) is 17.2. The van der Waals surface area contributed by atoms with Crippen LogP contribution in [0.4, 0.5) is 4.39 Å². The van der Waals surface area contributed by atoms with Gasteiger partial charge in [-0.3, -0.25) is 4.79 Å². The molecule has 1 amide bonds. The van der Waals surface area contributed by atoms with Crippen LogP contribution >= 0.6 is 12.4 Å². The summed E-state index contributed by atoms with van der Waals surface area (Å²) >= 11 is 0. The number of carbonyl (C=O) groups excluding carboxylic acids is 1. The molecule has 1 heterocycles. The van der Waals surface area contributed by atoms with Crippen LogP contribution in [-0.2, 0) is 11.2 Å². The van der Waals surface area contributed by atoms with Gasteiger partial charge in [-0.2, -0.15) is 0 Å². The maximum Gasteiger partial charge on any atom is 0.222 e. The molecule has 0 aromatic heterocycles. The second-order valence-electron chi connectivity index (χ2n) is 6.37. The number of carbonyl (C=O) groups is 1. The Labute approximate surface area is 137 Å². The Bertz CT molecular complexity index is 531. The smallest absolute Gasteiger partial charge is 0.222 e. The van der Waals surface area contributed by atoms with Crippen LogP contribution in [0.1, 0.15) is 49.8 Å². The van der Waals surface area contributed by atoms with Crippen LogP contribution in [0.25, 0.3) is 0 Å². The highest BCUT2D eigenvalue weighted by molar-refractivity contribution is 5.85. The van der Waals surface area contributed by atoms with Crippen molar-refractivity contribution in [3.63, 3.8) is 0 Å². The zero-order valence-electron chi connectivity index (χ0n) is 12.9. The highest BCUT2D eigenvalue weighted by Gasteiger charge is 2.30. The van der Waals surface area contributed by atoms with E-state index < -0.39 is 0 Å². The lowest BCUT2D eigenvalue weighted by Crippen LogP contribution is -2.38. The second kappa shape index (κ2) is 7.42. The summed E-state index contributed by atoms with van der Waals surface area (Å²) in [5.74, 6) is 0.277. The van der Waals surface area contributed by atoms with Crippen molar-refractivity contribution in [2.75, 3.05) is 6.54 Å². The molecule has 3 nitrogen and oxygen atoms in total. The number of fused-ring (bicyclic) bond motifs is 1. The molecule has 0 bridgehead atoms. The summed E-state index contributed by atoms with van der Waals surface area (Å²) < 4.78 is 13.9. The Morgan fingerprint density at radius 3 is 2.95 bits per heavy atom. The van der Waals surface area contributed by atoms with Crippen molar-refractivity contribution >= 4 is 18.3 Å². The molecule has 5 heteroatoms. The molecule has 1 aliphatic heterocycles. The van der Waals surface area contributed by atoms with E-state index in [0.717, 1.165) is 43.4 Å². The Hall–Kier alpha value is -1.13. The number of halogens is 2. The van der Waals surface area contributed by atoms with Gasteiger partial charge in [-0.05, 0) is 55.3 Å². The van der Waals surface area contributed by atoms with Crippen LogP contribution in [0.15, 0.2) is 18.2 Å². The van der Waals surface area contributed by atoms with Crippen molar-refractivity contribution in [1.82, 2.24) is 10.6 Å². The standard InChI is InChI=1S/C17H23FN2O.ClH/c1-11-7-8-13-14(5-2-6-15(13)18)17(11)20-16(21)10-12-4-3-9-19-12;/h2,5-6,11-12,17,19H,3-4,7-10H2,1H3,(H,20,21);1H. The van der Waals surface area contributed by atoms with Crippen molar-refractivity contribution in [1.29, 1.82) is 0 Å². The summed E-state index contributed by atoms with van der Waals surface area (Å²) in [6.45, 7) is 3.14. The van der Waals surface area contributed by atoms with E-state index in [1.807, 2.05) is 6.07 Å². The lowest BCUT2D eigenvalue weighted by atomic mass is 9.80. The molecule has 22 heavy (non-hydrogen) atoms. The number of hydrogen-bond acceptors (Lipinski definition) is 2.